The first kappa shape index (κ1) is 20.6. The highest BCUT2D eigenvalue weighted by atomic mass is 35.5. The lowest BCUT2D eigenvalue weighted by molar-refractivity contribution is -0.114. The van der Waals surface area contributed by atoms with Crippen LogP contribution in [0.5, 0.6) is 0 Å². The number of aliphatic imine (C=N–C) groups is 1. The number of aryl methyl sites for hydroxylation is 1. The van der Waals surface area contributed by atoms with Gasteiger partial charge in [-0.25, -0.2) is 0 Å². The molecule has 1 aromatic heterocycles. The van der Waals surface area contributed by atoms with Gasteiger partial charge in [-0.1, -0.05) is 24.6 Å². The maximum atomic E-state index is 12.7. The first-order valence-electron chi connectivity index (χ1n) is 9.75. The SMILES string of the molecule is CCCC1=NN2C(=N)/C(=C\c3cc(C)n(-c4cccc(Cl)c4C)c3C)C(=O)N=C2S1. The molecule has 2 aliphatic heterocycles. The minimum absolute atomic E-state index is 0.0624. The van der Waals surface area contributed by atoms with Gasteiger partial charge in [0.2, 0.25) is 5.17 Å². The van der Waals surface area contributed by atoms with E-state index < -0.39 is 5.91 Å². The normalized spacial score (nSPS) is 17.5. The predicted molar refractivity (Wildman–Crippen MR) is 125 cm³/mol. The van der Waals surface area contributed by atoms with Crippen molar-refractivity contribution in [2.75, 3.05) is 0 Å². The third-order valence-corrected chi connectivity index (χ3v) is 6.59. The van der Waals surface area contributed by atoms with Crippen LogP contribution in [0.2, 0.25) is 5.02 Å². The highest BCUT2D eigenvalue weighted by molar-refractivity contribution is 8.26. The molecule has 0 saturated carbocycles. The molecule has 0 unspecified atom stereocenters. The Morgan fingerprint density at radius 2 is 2.03 bits per heavy atom. The smallest absolute Gasteiger partial charge is 0.283 e. The Labute approximate surface area is 184 Å². The van der Waals surface area contributed by atoms with Crippen molar-refractivity contribution in [1.82, 2.24) is 9.58 Å². The molecule has 30 heavy (non-hydrogen) atoms. The molecule has 0 aliphatic carbocycles. The summed E-state index contributed by atoms with van der Waals surface area (Å²) in [7, 11) is 0. The quantitative estimate of drug-likeness (QED) is 0.641. The molecule has 0 fully saturated rings. The standard InChI is InChI=1S/C22H22ClN5OS/c1-5-7-19-26-28-20(24)16(21(29)25-22(28)30-19)11-15-10-12(2)27(14(15)4)18-9-6-8-17(23)13(18)3/h6,8-11,24H,5,7H2,1-4H3/b16-11+,24-20?. The number of aromatic nitrogens is 1. The number of fused-ring (bicyclic) bond motifs is 1. The average molecular weight is 440 g/mol. The fraction of sp³-hybridized carbons (Fsp3) is 0.273. The second-order valence-electron chi connectivity index (χ2n) is 7.31. The van der Waals surface area contributed by atoms with Gasteiger partial charge in [0.05, 0.1) is 5.57 Å². The second kappa shape index (κ2) is 7.89. The number of hydrogen-bond acceptors (Lipinski definition) is 4. The molecule has 8 heteroatoms. The maximum absolute atomic E-state index is 12.7. The summed E-state index contributed by atoms with van der Waals surface area (Å²) in [4.78, 5) is 16.8. The Bertz CT molecular complexity index is 1170. The number of hydrogen-bond donors (Lipinski definition) is 1. The van der Waals surface area contributed by atoms with Crippen molar-refractivity contribution >= 4 is 51.4 Å². The van der Waals surface area contributed by atoms with Crippen LogP contribution in [0.3, 0.4) is 0 Å². The van der Waals surface area contributed by atoms with E-state index in [1.165, 1.54) is 16.8 Å². The lowest BCUT2D eigenvalue weighted by Gasteiger charge is -2.20. The number of nitrogens with one attached hydrogen (secondary N) is 1. The summed E-state index contributed by atoms with van der Waals surface area (Å²) in [5, 5.41) is 16.5. The van der Waals surface area contributed by atoms with E-state index in [2.05, 4.69) is 21.6 Å². The van der Waals surface area contributed by atoms with Gasteiger partial charge in [0.1, 0.15) is 5.04 Å². The van der Waals surface area contributed by atoms with Crippen molar-refractivity contribution in [2.24, 2.45) is 10.1 Å². The van der Waals surface area contributed by atoms with Crippen LogP contribution in [0.1, 0.15) is 42.3 Å². The fourth-order valence-corrected chi connectivity index (χ4v) is 4.80. The van der Waals surface area contributed by atoms with E-state index >= 15 is 0 Å². The van der Waals surface area contributed by atoms with Gasteiger partial charge >= 0.3 is 0 Å². The summed E-state index contributed by atoms with van der Waals surface area (Å²) in [5.41, 5.74) is 5.07. The number of carbonyl (C=O) groups is 1. The van der Waals surface area contributed by atoms with E-state index in [0.717, 1.165) is 46.1 Å². The molecule has 0 radical (unpaired) electrons. The van der Waals surface area contributed by atoms with Crippen LogP contribution >= 0.6 is 23.4 Å². The lowest BCUT2D eigenvalue weighted by Crippen LogP contribution is -2.35. The third kappa shape index (κ3) is 3.42. The zero-order chi connectivity index (χ0) is 21.6. The van der Waals surface area contributed by atoms with E-state index in [-0.39, 0.29) is 11.4 Å². The van der Waals surface area contributed by atoms with E-state index in [4.69, 9.17) is 17.0 Å². The first-order chi connectivity index (χ1) is 14.3. The summed E-state index contributed by atoms with van der Waals surface area (Å²) in [5.74, 6) is -0.345. The summed E-state index contributed by atoms with van der Waals surface area (Å²) in [6, 6.07) is 7.83. The van der Waals surface area contributed by atoms with E-state index in [1.54, 1.807) is 6.08 Å². The van der Waals surface area contributed by atoms with Gasteiger partial charge < -0.3 is 4.57 Å². The number of rotatable bonds is 4. The molecule has 1 N–H and O–H groups in total. The van der Waals surface area contributed by atoms with Crippen LogP contribution in [0.4, 0.5) is 0 Å². The van der Waals surface area contributed by atoms with Crippen molar-refractivity contribution < 1.29 is 4.79 Å². The molecule has 3 heterocycles. The molecule has 2 aromatic rings. The van der Waals surface area contributed by atoms with Gasteiger partial charge in [0.25, 0.3) is 5.91 Å². The predicted octanol–water partition coefficient (Wildman–Crippen LogP) is 5.48. The Morgan fingerprint density at radius 3 is 2.77 bits per heavy atom. The third-order valence-electron chi connectivity index (χ3n) is 5.21. The van der Waals surface area contributed by atoms with Crippen LogP contribution in [-0.2, 0) is 4.79 Å². The zero-order valence-electron chi connectivity index (χ0n) is 17.3. The van der Waals surface area contributed by atoms with Crippen LogP contribution in [0, 0.1) is 26.2 Å². The van der Waals surface area contributed by atoms with Crippen molar-refractivity contribution in [2.45, 2.75) is 40.5 Å². The van der Waals surface area contributed by atoms with Crippen molar-refractivity contribution in [3.05, 3.63) is 57.4 Å². The van der Waals surface area contributed by atoms with Gasteiger partial charge in [-0.05, 0) is 80.8 Å². The van der Waals surface area contributed by atoms with E-state index in [1.807, 2.05) is 45.0 Å². The number of amides is 1. The monoisotopic (exact) mass is 439 g/mol. The zero-order valence-corrected chi connectivity index (χ0v) is 18.9. The topological polar surface area (TPSA) is 73.8 Å². The first-order valence-corrected chi connectivity index (χ1v) is 10.9. The molecule has 154 valence electrons. The van der Waals surface area contributed by atoms with Crippen LogP contribution in [0.25, 0.3) is 11.8 Å². The molecule has 4 rings (SSSR count). The van der Waals surface area contributed by atoms with Gasteiger partial charge in [0.15, 0.2) is 5.84 Å². The molecule has 0 atom stereocenters. The van der Waals surface area contributed by atoms with Gasteiger partial charge in [0, 0.05) is 22.1 Å². The Balaban J connectivity index is 1.75. The molecular formula is C22H22ClN5OS. The highest BCUT2D eigenvalue weighted by Crippen LogP contribution is 2.32. The maximum Gasteiger partial charge on any atom is 0.283 e. The Morgan fingerprint density at radius 1 is 1.27 bits per heavy atom. The lowest BCUT2D eigenvalue weighted by atomic mass is 10.1. The summed E-state index contributed by atoms with van der Waals surface area (Å²) in [6.45, 7) is 8.07. The number of amidine groups is 2. The molecule has 1 amide bonds. The minimum atomic E-state index is -0.407. The van der Waals surface area contributed by atoms with Crippen LogP contribution < -0.4 is 0 Å². The Kier molecular flexibility index (Phi) is 5.42. The summed E-state index contributed by atoms with van der Waals surface area (Å²) >= 11 is 7.69. The minimum Gasteiger partial charge on any atom is -0.318 e. The number of halogens is 1. The largest absolute Gasteiger partial charge is 0.318 e. The number of hydrazone groups is 1. The van der Waals surface area contributed by atoms with E-state index in [9.17, 15) is 4.79 Å². The van der Waals surface area contributed by atoms with Crippen LogP contribution in [0.15, 0.2) is 39.9 Å². The van der Waals surface area contributed by atoms with Gasteiger partial charge in [-0.2, -0.15) is 15.1 Å². The highest BCUT2D eigenvalue weighted by Gasteiger charge is 2.35. The fourth-order valence-electron chi connectivity index (χ4n) is 3.64. The van der Waals surface area contributed by atoms with Gasteiger partial charge in [-0.3, -0.25) is 10.2 Å². The molecule has 0 bridgehead atoms. The number of benzene rings is 1. The number of carbonyl (C=O) groups excluding carboxylic acids is 1. The summed E-state index contributed by atoms with van der Waals surface area (Å²) < 4.78 is 2.11. The summed E-state index contributed by atoms with van der Waals surface area (Å²) in [6.07, 6.45) is 3.49. The molecule has 0 spiro atoms. The van der Waals surface area contributed by atoms with E-state index in [0.29, 0.717) is 10.2 Å². The Hall–Kier alpha value is -2.64. The number of thioether (sulfide) groups is 1. The molecule has 0 saturated heterocycles. The van der Waals surface area contributed by atoms with Crippen LogP contribution in [-0.4, -0.2) is 31.5 Å². The second-order valence-corrected chi connectivity index (χ2v) is 8.76. The molecule has 1 aromatic carbocycles. The molecule has 2 aliphatic rings. The van der Waals surface area contributed by atoms with Crippen molar-refractivity contribution in [3.63, 3.8) is 0 Å². The molecule has 6 nitrogen and oxygen atoms in total. The van der Waals surface area contributed by atoms with Crippen molar-refractivity contribution in [3.8, 4) is 5.69 Å². The molecular weight excluding hydrogens is 418 g/mol. The average Bonchev–Trinajstić information content (AvgIpc) is 3.22. The van der Waals surface area contributed by atoms with Gasteiger partial charge in [-0.15, -0.1) is 0 Å². The van der Waals surface area contributed by atoms with Crippen molar-refractivity contribution in [1.29, 1.82) is 5.41 Å². The number of nitrogens with zero attached hydrogens (tertiary/aromatic N) is 4.